The van der Waals surface area contributed by atoms with Crippen LogP contribution in [-0.2, 0) is 11.3 Å². The number of hydrogen-bond acceptors (Lipinski definition) is 6. The molecule has 0 fully saturated rings. The summed E-state index contributed by atoms with van der Waals surface area (Å²) in [5, 5.41) is 13.1. The normalized spacial score (nSPS) is 10.8. The van der Waals surface area contributed by atoms with Gasteiger partial charge in [-0.1, -0.05) is 30.3 Å². The molecule has 0 aliphatic heterocycles. The molecule has 4 aromatic rings. The number of halogens is 1. The molecule has 1 amide bonds. The SMILES string of the molecule is O=C(Cn1cnc2cc(-c3ccccc3)sc2c1=O)Nc1cc([N+](=O)[O-])ccc1F. The fraction of sp³-hybridized carbons (Fsp3) is 0.0500. The number of benzene rings is 2. The lowest BCUT2D eigenvalue weighted by Crippen LogP contribution is -2.27. The molecule has 10 heteroatoms. The molecule has 0 saturated carbocycles. The third kappa shape index (κ3) is 3.80. The zero-order chi connectivity index (χ0) is 21.3. The van der Waals surface area contributed by atoms with Crippen molar-refractivity contribution in [2.45, 2.75) is 6.54 Å². The van der Waals surface area contributed by atoms with E-state index in [1.807, 2.05) is 30.3 Å². The largest absolute Gasteiger partial charge is 0.322 e. The predicted octanol–water partition coefficient (Wildman–Crippen LogP) is 3.81. The van der Waals surface area contributed by atoms with E-state index in [1.165, 1.54) is 17.7 Å². The summed E-state index contributed by atoms with van der Waals surface area (Å²) in [5.41, 5.74) is 0.371. The number of nitro groups is 1. The smallest absolute Gasteiger partial charge is 0.271 e. The summed E-state index contributed by atoms with van der Waals surface area (Å²) in [6.45, 7) is -0.414. The van der Waals surface area contributed by atoms with Crippen molar-refractivity contribution < 1.29 is 14.1 Å². The van der Waals surface area contributed by atoms with Gasteiger partial charge in [0.05, 0.1) is 22.5 Å². The lowest BCUT2D eigenvalue weighted by molar-refractivity contribution is -0.384. The average Bonchev–Trinajstić information content (AvgIpc) is 3.17. The third-order valence-electron chi connectivity index (χ3n) is 4.31. The van der Waals surface area contributed by atoms with Crippen LogP contribution in [0.2, 0.25) is 0 Å². The van der Waals surface area contributed by atoms with Gasteiger partial charge in [0.15, 0.2) is 0 Å². The molecule has 2 heterocycles. The van der Waals surface area contributed by atoms with Crippen LogP contribution in [0.4, 0.5) is 15.8 Å². The number of nitrogens with one attached hydrogen (secondary N) is 1. The Morgan fingerprint density at radius 3 is 2.70 bits per heavy atom. The minimum atomic E-state index is -0.819. The Morgan fingerprint density at radius 1 is 1.20 bits per heavy atom. The molecule has 1 N–H and O–H groups in total. The van der Waals surface area contributed by atoms with Crippen LogP contribution in [0.25, 0.3) is 20.7 Å². The minimum absolute atomic E-state index is 0.334. The number of fused-ring (bicyclic) bond motifs is 1. The Balaban J connectivity index is 1.59. The number of carbonyl (C=O) groups excluding carboxylic acids is 1. The Kier molecular flexibility index (Phi) is 5.07. The molecule has 30 heavy (non-hydrogen) atoms. The second kappa shape index (κ2) is 7.84. The number of rotatable bonds is 5. The highest BCUT2D eigenvalue weighted by Crippen LogP contribution is 2.30. The number of thiophene rings is 1. The highest BCUT2D eigenvalue weighted by Gasteiger charge is 2.15. The molecule has 0 saturated heterocycles. The molecule has 0 radical (unpaired) electrons. The zero-order valence-electron chi connectivity index (χ0n) is 15.2. The van der Waals surface area contributed by atoms with Gasteiger partial charge in [0, 0.05) is 17.0 Å². The van der Waals surface area contributed by atoms with Crippen molar-refractivity contribution in [3.63, 3.8) is 0 Å². The summed E-state index contributed by atoms with van der Waals surface area (Å²) in [5.74, 6) is -1.53. The maximum atomic E-state index is 13.9. The van der Waals surface area contributed by atoms with Gasteiger partial charge >= 0.3 is 0 Å². The molecule has 0 aliphatic carbocycles. The van der Waals surface area contributed by atoms with Crippen LogP contribution < -0.4 is 10.9 Å². The fourth-order valence-corrected chi connectivity index (χ4v) is 3.93. The van der Waals surface area contributed by atoms with Gasteiger partial charge in [-0.2, -0.15) is 0 Å². The Bertz CT molecular complexity index is 1330. The summed E-state index contributed by atoms with van der Waals surface area (Å²) in [4.78, 5) is 40.3. The monoisotopic (exact) mass is 424 g/mol. The summed E-state index contributed by atoms with van der Waals surface area (Å²) in [6.07, 6.45) is 1.25. The fourth-order valence-electron chi connectivity index (χ4n) is 2.87. The van der Waals surface area contributed by atoms with E-state index in [2.05, 4.69) is 10.3 Å². The quantitative estimate of drug-likeness (QED) is 0.387. The molecule has 0 spiro atoms. The first-order chi connectivity index (χ1) is 14.4. The van der Waals surface area contributed by atoms with Gasteiger partial charge < -0.3 is 5.32 Å². The highest BCUT2D eigenvalue weighted by molar-refractivity contribution is 7.22. The number of nitro benzene ring substituents is 1. The number of amides is 1. The number of non-ortho nitro benzene ring substituents is 1. The van der Waals surface area contributed by atoms with Crippen LogP contribution in [0.15, 0.2) is 65.7 Å². The van der Waals surface area contributed by atoms with Crippen molar-refractivity contribution in [2.75, 3.05) is 5.32 Å². The van der Waals surface area contributed by atoms with E-state index < -0.39 is 28.8 Å². The molecule has 2 aromatic heterocycles. The van der Waals surface area contributed by atoms with Gasteiger partial charge in [-0.05, 0) is 17.7 Å². The molecule has 0 atom stereocenters. The van der Waals surface area contributed by atoms with Crippen LogP contribution in [0.5, 0.6) is 0 Å². The van der Waals surface area contributed by atoms with E-state index in [0.29, 0.717) is 10.2 Å². The first-order valence-electron chi connectivity index (χ1n) is 8.70. The van der Waals surface area contributed by atoms with Crippen molar-refractivity contribution >= 4 is 38.8 Å². The second-order valence-electron chi connectivity index (χ2n) is 6.34. The standard InChI is InChI=1S/C20H13FN4O4S/c21-14-7-6-13(25(28)29)8-15(14)23-18(26)10-24-11-22-16-9-17(30-19(16)20(24)27)12-4-2-1-3-5-12/h1-9,11H,10H2,(H,23,26). The first kappa shape index (κ1) is 19.4. The summed E-state index contributed by atoms with van der Waals surface area (Å²) in [6, 6.07) is 14.1. The van der Waals surface area contributed by atoms with Gasteiger partial charge in [0.2, 0.25) is 5.91 Å². The molecular weight excluding hydrogens is 411 g/mol. The topological polar surface area (TPSA) is 107 Å². The van der Waals surface area contributed by atoms with Gasteiger partial charge in [-0.3, -0.25) is 24.3 Å². The number of anilines is 1. The van der Waals surface area contributed by atoms with Crippen LogP contribution in [-0.4, -0.2) is 20.4 Å². The molecule has 0 bridgehead atoms. The Hall–Kier alpha value is -3.92. The van der Waals surface area contributed by atoms with E-state index in [-0.39, 0.29) is 11.4 Å². The van der Waals surface area contributed by atoms with Crippen LogP contribution in [0.3, 0.4) is 0 Å². The molecule has 8 nitrogen and oxygen atoms in total. The average molecular weight is 424 g/mol. The van der Waals surface area contributed by atoms with E-state index in [1.54, 1.807) is 6.07 Å². The first-order valence-corrected chi connectivity index (χ1v) is 9.52. The lowest BCUT2D eigenvalue weighted by atomic mass is 10.2. The molecule has 0 aliphatic rings. The number of nitrogens with zero attached hydrogens (tertiary/aromatic N) is 3. The number of aromatic nitrogens is 2. The van der Waals surface area contributed by atoms with E-state index in [4.69, 9.17) is 0 Å². The number of hydrogen-bond donors (Lipinski definition) is 1. The van der Waals surface area contributed by atoms with Gasteiger partial charge in [0.25, 0.3) is 11.2 Å². The van der Waals surface area contributed by atoms with Gasteiger partial charge in [-0.15, -0.1) is 11.3 Å². The van der Waals surface area contributed by atoms with Gasteiger partial charge in [0.1, 0.15) is 17.1 Å². The van der Waals surface area contributed by atoms with Crippen molar-refractivity contribution in [3.05, 3.63) is 87.2 Å². The molecule has 2 aromatic carbocycles. The van der Waals surface area contributed by atoms with Gasteiger partial charge in [-0.25, -0.2) is 9.37 Å². The summed E-state index contributed by atoms with van der Waals surface area (Å²) >= 11 is 1.27. The van der Waals surface area contributed by atoms with Crippen molar-refractivity contribution in [1.29, 1.82) is 0 Å². The third-order valence-corrected chi connectivity index (χ3v) is 5.47. The summed E-state index contributed by atoms with van der Waals surface area (Å²) < 4.78 is 15.4. The molecule has 150 valence electrons. The Labute approximate surface area is 172 Å². The van der Waals surface area contributed by atoms with E-state index >= 15 is 0 Å². The van der Waals surface area contributed by atoms with E-state index in [0.717, 1.165) is 33.2 Å². The molecule has 0 unspecified atom stereocenters. The van der Waals surface area contributed by atoms with Crippen LogP contribution in [0, 0.1) is 15.9 Å². The number of carbonyl (C=O) groups is 1. The second-order valence-corrected chi connectivity index (χ2v) is 7.39. The molecule has 4 rings (SSSR count). The van der Waals surface area contributed by atoms with Crippen LogP contribution >= 0.6 is 11.3 Å². The summed E-state index contributed by atoms with van der Waals surface area (Å²) in [7, 11) is 0. The zero-order valence-corrected chi connectivity index (χ0v) is 16.1. The van der Waals surface area contributed by atoms with Crippen LogP contribution in [0.1, 0.15) is 0 Å². The minimum Gasteiger partial charge on any atom is -0.322 e. The van der Waals surface area contributed by atoms with Crippen molar-refractivity contribution in [2.24, 2.45) is 0 Å². The Morgan fingerprint density at radius 2 is 1.97 bits per heavy atom. The predicted molar refractivity (Wildman–Crippen MR) is 111 cm³/mol. The maximum absolute atomic E-state index is 13.9. The van der Waals surface area contributed by atoms with Crippen molar-refractivity contribution in [1.82, 2.24) is 9.55 Å². The van der Waals surface area contributed by atoms with Crippen molar-refractivity contribution in [3.8, 4) is 10.4 Å². The maximum Gasteiger partial charge on any atom is 0.271 e. The lowest BCUT2D eigenvalue weighted by Gasteiger charge is -2.08. The highest BCUT2D eigenvalue weighted by atomic mass is 32.1. The molecular formula is C20H13FN4O4S. The van der Waals surface area contributed by atoms with E-state index in [9.17, 15) is 24.1 Å².